The third-order valence-corrected chi connectivity index (χ3v) is 5.48. The predicted octanol–water partition coefficient (Wildman–Crippen LogP) is 5.89. The summed E-state index contributed by atoms with van der Waals surface area (Å²) < 4.78 is 5.94. The van der Waals surface area contributed by atoms with E-state index in [-0.39, 0.29) is 11.3 Å². The van der Waals surface area contributed by atoms with Crippen molar-refractivity contribution in [1.82, 2.24) is 4.98 Å². The minimum absolute atomic E-state index is 0.0878. The molecular formula is C24H21N3O4. The molecule has 0 aliphatic rings. The number of carbonyl (C=O) groups excluding carboxylic acids is 1. The minimum Gasteiger partial charge on any atom is -0.436 e. The average molecular weight is 415 g/mol. The molecule has 0 aliphatic heterocycles. The van der Waals surface area contributed by atoms with Crippen LogP contribution in [0.15, 0.2) is 52.9 Å². The number of anilines is 1. The van der Waals surface area contributed by atoms with Crippen LogP contribution in [0.5, 0.6) is 0 Å². The van der Waals surface area contributed by atoms with Crippen molar-refractivity contribution >= 4 is 28.4 Å². The van der Waals surface area contributed by atoms with Crippen LogP contribution in [0.4, 0.5) is 11.4 Å². The highest BCUT2D eigenvalue weighted by atomic mass is 16.6. The van der Waals surface area contributed by atoms with Crippen molar-refractivity contribution in [3.8, 4) is 11.5 Å². The van der Waals surface area contributed by atoms with E-state index < -0.39 is 10.8 Å². The number of hydrogen-bond acceptors (Lipinski definition) is 5. The molecule has 156 valence electrons. The topological polar surface area (TPSA) is 98.3 Å². The number of aryl methyl sites for hydroxylation is 3. The molecule has 1 heterocycles. The summed E-state index contributed by atoms with van der Waals surface area (Å²) in [5, 5.41) is 14.0. The van der Waals surface area contributed by atoms with Gasteiger partial charge in [0.05, 0.1) is 4.92 Å². The van der Waals surface area contributed by atoms with Gasteiger partial charge >= 0.3 is 0 Å². The van der Waals surface area contributed by atoms with E-state index in [1.54, 1.807) is 19.1 Å². The molecule has 0 aliphatic carbocycles. The fourth-order valence-corrected chi connectivity index (χ4v) is 3.45. The van der Waals surface area contributed by atoms with E-state index in [1.807, 2.05) is 45.0 Å². The quantitative estimate of drug-likeness (QED) is 0.331. The first-order valence-corrected chi connectivity index (χ1v) is 9.79. The van der Waals surface area contributed by atoms with Crippen LogP contribution in [0, 0.1) is 37.8 Å². The smallest absolute Gasteiger partial charge is 0.273 e. The third kappa shape index (κ3) is 3.77. The summed E-state index contributed by atoms with van der Waals surface area (Å²) in [4.78, 5) is 28.1. The van der Waals surface area contributed by atoms with E-state index in [4.69, 9.17) is 4.42 Å². The number of amides is 1. The number of nitrogens with zero attached hydrogens (tertiary/aromatic N) is 2. The van der Waals surface area contributed by atoms with Gasteiger partial charge in [-0.1, -0.05) is 12.1 Å². The Balaban J connectivity index is 1.68. The van der Waals surface area contributed by atoms with Crippen LogP contribution in [-0.4, -0.2) is 15.8 Å². The summed E-state index contributed by atoms with van der Waals surface area (Å²) >= 11 is 0. The molecule has 0 radical (unpaired) electrons. The van der Waals surface area contributed by atoms with Gasteiger partial charge in [-0.3, -0.25) is 14.9 Å². The summed E-state index contributed by atoms with van der Waals surface area (Å²) in [7, 11) is 0. The zero-order valence-electron chi connectivity index (χ0n) is 17.6. The van der Waals surface area contributed by atoms with Gasteiger partial charge in [0, 0.05) is 28.4 Å². The Labute approximate surface area is 178 Å². The van der Waals surface area contributed by atoms with Crippen molar-refractivity contribution in [3.05, 3.63) is 86.5 Å². The molecule has 3 aromatic carbocycles. The number of hydrogen-bond donors (Lipinski definition) is 1. The molecule has 4 rings (SSSR count). The van der Waals surface area contributed by atoms with Crippen LogP contribution in [0.3, 0.4) is 0 Å². The van der Waals surface area contributed by atoms with Crippen molar-refractivity contribution in [2.45, 2.75) is 27.7 Å². The Bertz CT molecular complexity index is 1320. The second kappa shape index (κ2) is 7.68. The molecule has 0 unspecified atom stereocenters. The van der Waals surface area contributed by atoms with Crippen molar-refractivity contribution in [2.75, 3.05) is 5.32 Å². The van der Waals surface area contributed by atoms with E-state index in [9.17, 15) is 14.9 Å². The van der Waals surface area contributed by atoms with Crippen LogP contribution in [0.2, 0.25) is 0 Å². The summed E-state index contributed by atoms with van der Waals surface area (Å²) in [6.45, 7) is 7.49. The number of rotatable bonds is 4. The van der Waals surface area contributed by atoms with Gasteiger partial charge in [0.15, 0.2) is 5.58 Å². The molecule has 1 N–H and O–H groups in total. The van der Waals surface area contributed by atoms with Crippen LogP contribution >= 0.6 is 0 Å². The highest BCUT2D eigenvalue weighted by Crippen LogP contribution is 2.30. The lowest BCUT2D eigenvalue weighted by Gasteiger charge is -2.11. The maximum absolute atomic E-state index is 12.9. The summed E-state index contributed by atoms with van der Waals surface area (Å²) in [5.41, 5.74) is 6.39. The molecule has 1 aromatic heterocycles. The Morgan fingerprint density at radius 3 is 2.48 bits per heavy atom. The Morgan fingerprint density at radius 1 is 1.00 bits per heavy atom. The van der Waals surface area contributed by atoms with Crippen LogP contribution < -0.4 is 5.32 Å². The summed E-state index contributed by atoms with van der Waals surface area (Å²) in [5.74, 6) is 0.0484. The molecule has 0 saturated carbocycles. The largest absolute Gasteiger partial charge is 0.436 e. The zero-order valence-corrected chi connectivity index (χ0v) is 17.6. The van der Waals surface area contributed by atoms with E-state index in [0.29, 0.717) is 22.7 Å². The molecule has 0 fully saturated rings. The first kappa shape index (κ1) is 20.3. The number of oxazole rings is 1. The number of nitro groups is 1. The number of fused-ring (bicyclic) bond motifs is 1. The molecule has 7 nitrogen and oxygen atoms in total. The predicted molar refractivity (Wildman–Crippen MR) is 119 cm³/mol. The van der Waals surface area contributed by atoms with Gasteiger partial charge in [-0.25, -0.2) is 4.98 Å². The Kier molecular flexibility index (Phi) is 5.02. The second-order valence-corrected chi connectivity index (χ2v) is 7.61. The maximum atomic E-state index is 12.9. The lowest BCUT2D eigenvalue weighted by Crippen LogP contribution is -2.15. The van der Waals surface area contributed by atoms with E-state index in [1.165, 1.54) is 12.1 Å². The van der Waals surface area contributed by atoms with Crippen molar-refractivity contribution in [1.29, 1.82) is 0 Å². The summed E-state index contributed by atoms with van der Waals surface area (Å²) in [6.07, 6.45) is 0. The van der Waals surface area contributed by atoms with E-state index in [2.05, 4.69) is 10.3 Å². The standard InChI is InChI=1S/C24H21N3O4/c1-13-8-9-17(24-26-20-10-14(2)15(3)11-22(20)31-24)12-19(13)25-23(28)18-6-5-7-21(16(18)4)27(29)30/h5-12H,1-4H3,(H,25,28). The fourth-order valence-electron chi connectivity index (χ4n) is 3.45. The maximum Gasteiger partial charge on any atom is 0.273 e. The number of carbonyl (C=O) groups is 1. The molecule has 31 heavy (non-hydrogen) atoms. The second-order valence-electron chi connectivity index (χ2n) is 7.61. The van der Waals surface area contributed by atoms with Crippen molar-refractivity contribution < 1.29 is 14.1 Å². The first-order valence-electron chi connectivity index (χ1n) is 9.79. The fraction of sp³-hybridized carbons (Fsp3) is 0.167. The van der Waals surface area contributed by atoms with Gasteiger partial charge in [-0.15, -0.1) is 0 Å². The van der Waals surface area contributed by atoms with Gasteiger partial charge in [0.25, 0.3) is 11.6 Å². The van der Waals surface area contributed by atoms with Gasteiger partial charge < -0.3 is 9.73 Å². The highest BCUT2D eigenvalue weighted by molar-refractivity contribution is 6.06. The number of nitro benzene ring substituents is 1. The van der Waals surface area contributed by atoms with Crippen LogP contribution in [0.1, 0.15) is 32.6 Å². The zero-order chi connectivity index (χ0) is 22.3. The molecular weight excluding hydrogens is 394 g/mol. The summed E-state index contributed by atoms with van der Waals surface area (Å²) in [6, 6.07) is 14.0. The van der Waals surface area contributed by atoms with Crippen LogP contribution in [0.25, 0.3) is 22.6 Å². The normalized spacial score (nSPS) is 11.0. The van der Waals surface area contributed by atoms with Crippen molar-refractivity contribution in [2.24, 2.45) is 0 Å². The first-order chi connectivity index (χ1) is 14.7. The van der Waals surface area contributed by atoms with Crippen molar-refractivity contribution in [3.63, 3.8) is 0 Å². The van der Waals surface area contributed by atoms with Gasteiger partial charge in [0.2, 0.25) is 5.89 Å². The number of aromatic nitrogens is 1. The SMILES string of the molecule is Cc1cc2nc(-c3ccc(C)c(NC(=O)c4cccc([N+](=O)[O-])c4C)c3)oc2cc1C. The van der Waals surface area contributed by atoms with E-state index in [0.717, 1.165) is 27.8 Å². The Morgan fingerprint density at radius 2 is 1.74 bits per heavy atom. The van der Waals surface area contributed by atoms with Gasteiger partial charge in [-0.2, -0.15) is 0 Å². The van der Waals surface area contributed by atoms with Gasteiger partial charge in [0.1, 0.15) is 5.52 Å². The van der Waals surface area contributed by atoms with Gasteiger partial charge in [-0.05, 0) is 74.7 Å². The Hall–Kier alpha value is -4.00. The third-order valence-electron chi connectivity index (χ3n) is 5.48. The number of benzene rings is 3. The average Bonchev–Trinajstić information content (AvgIpc) is 3.12. The minimum atomic E-state index is -0.491. The number of nitrogens with one attached hydrogen (secondary N) is 1. The molecule has 4 aromatic rings. The lowest BCUT2D eigenvalue weighted by atomic mass is 10.1. The van der Waals surface area contributed by atoms with E-state index >= 15 is 0 Å². The molecule has 0 bridgehead atoms. The van der Waals surface area contributed by atoms with Crippen LogP contribution in [-0.2, 0) is 0 Å². The molecule has 0 spiro atoms. The molecule has 0 atom stereocenters. The monoisotopic (exact) mass is 415 g/mol. The highest BCUT2D eigenvalue weighted by Gasteiger charge is 2.19. The molecule has 7 heteroatoms. The molecule has 1 amide bonds. The molecule has 0 saturated heterocycles. The lowest BCUT2D eigenvalue weighted by molar-refractivity contribution is -0.385.